The molecule has 0 bridgehead atoms. The first kappa shape index (κ1) is 19.0. The fourth-order valence-electron chi connectivity index (χ4n) is 3.60. The molecule has 1 aromatic rings. The van der Waals surface area contributed by atoms with E-state index in [1.54, 1.807) is 23.5 Å². The summed E-state index contributed by atoms with van der Waals surface area (Å²) in [6.07, 6.45) is 6.83. The van der Waals surface area contributed by atoms with Crippen LogP contribution in [-0.4, -0.2) is 76.8 Å². The van der Waals surface area contributed by atoms with Gasteiger partial charge in [-0.3, -0.25) is 14.5 Å². The van der Waals surface area contributed by atoms with Crippen LogP contribution in [0.3, 0.4) is 0 Å². The fourth-order valence-corrected chi connectivity index (χ4v) is 4.18. The normalized spacial score (nSPS) is 22.2. The lowest BCUT2D eigenvalue weighted by Crippen LogP contribution is -2.52. The zero-order chi connectivity index (χ0) is 18.5. The van der Waals surface area contributed by atoms with Gasteiger partial charge in [-0.25, -0.2) is 4.98 Å². The van der Waals surface area contributed by atoms with Crippen LogP contribution in [0.1, 0.15) is 36.9 Å². The molecule has 0 spiro atoms. The maximum Gasteiger partial charge on any atom is 0.246 e. The van der Waals surface area contributed by atoms with E-state index in [9.17, 15) is 9.59 Å². The summed E-state index contributed by atoms with van der Waals surface area (Å²) in [7, 11) is 0. The number of piperidine rings is 1. The van der Waals surface area contributed by atoms with Gasteiger partial charge in [0.1, 0.15) is 0 Å². The molecule has 3 rings (SSSR count). The minimum Gasteiger partial charge on any atom is -0.339 e. The second-order valence-electron chi connectivity index (χ2n) is 7.16. The zero-order valence-electron chi connectivity index (χ0n) is 15.7. The number of aromatic nitrogens is 1. The molecule has 2 aliphatic rings. The number of carbonyl (C=O) groups excluding carboxylic acids is 2. The van der Waals surface area contributed by atoms with Crippen LogP contribution in [0.2, 0.25) is 0 Å². The quantitative estimate of drug-likeness (QED) is 0.755. The lowest BCUT2D eigenvalue weighted by molar-refractivity contribution is -0.136. The van der Waals surface area contributed by atoms with Gasteiger partial charge in [-0.1, -0.05) is 0 Å². The molecule has 2 saturated heterocycles. The molecule has 0 aromatic carbocycles. The molecule has 0 aliphatic carbocycles. The van der Waals surface area contributed by atoms with Crippen molar-refractivity contribution < 1.29 is 9.59 Å². The minimum atomic E-state index is 0.0197. The first-order valence-electron chi connectivity index (χ1n) is 9.44. The van der Waals surface area contributed by atoms with Crippen molar-refractivity contribution in [3.8, 4) is 0 Å². The topological polar surface area (TPSA) is 56.8 Å². The van der Waals surface area contributed by atoms with E-state index in [4.69, 9.17) is 0 Å². The minimum absolute atomic E-state index is 0.0197. The number of likely N-dealkylation sites (tertiary alicyclic amines) is 1. The fraction of sp³-hybridized carbons (Fsp3) is 0.632. The second-order valence-corrected chi connectivity index (χ2v) is 8.22. The Hall–Kier alpha value is -1.73. The number of carbonyl (C=O) groups is 2. The summed E-state index contributed by atoms with van der Waals surface area (Å²) in [5, 5.41) is 2.95. The van der Waals surface area contributed by atoms with Gasteiger partial charge in [0, 0.05) is 50.2 Å². The van der Waals surface area contributed by atoms with Gasteiger partial charge in [-0.05, 0) is 39.2 Å². The number of hydrogen-bond donors (Lipinski definition) is 0. The molecule has 2 aliphatic heterocycles. The van der Waals surface area contributed by atoms with Crippen LogP contribution in [-0.2, 0) is 9.59 Å². The standard InChI is InChI=1S/C19H28N4O2S/c1-15-5-3-4-8-23(15)19(25)13-21-9-11-22(12-10-21)18(24)7-6-17-14-26-16(2)20-17/h6-7,14-15H,3-5,8-13H2,1-2H3/b7-6+. The van der Waals surface area contributed by atoms with Crippen molar-refractivity contribution in [3.63, 3.8) is 0 Å². The van der Waals surface area contributed by atoms with Crippen LogP contribution in [0.4, 0.5) is 0 Å². The van der Waals surface area contributed by atoms with Crippen LogP contribution in [0.5, 0.6) is 0 Å². The molecular weight excluding hydrogens is 348 g/mol. The SMILES string of the molecule is Cc1nc(/C=C/C(=O)N2CCN(CC(=O)N3CCCCC3C)CC2)cs1. The molecule has 0 saturated carbocycles. The monoisotopic (exact) mass is 376 g/mol. The molecule has 2 fully saturated rings. The lowest BCUT2D eigenvalue weighted by Gasteiger charge is -2.37. The molecule has 1 unspecified atom stereocenters. The number of hydrogen-bond acceptors (Lipinski definition) is 5. The van der Waals surface area contributed by atoms with Gasteiger partial charge in [0.2, 0.25) is 11.8 Å². The Bertz CT molecular complexity index is 664. The van der Waals surface area contributed by atoms with Gasteiger partial charge in [-0.15, -0.1) is 11.3 Å². The maximum absolute atomic E-state index is 12.5. The summed E-state index contributed by atoms with van der Waals surface area (Å²) in [6.45, 7) is 8.30. The Morgan fingerprint density at radius 3 is 2.65 bits per heavy atom. The van der Waals surface area contributed by atoms with E-state index in [0.29, 0.717) is 25.7 Å². The Morgan fingerprint density at radius 1 is 1.23 bits per heavy atom. The van der Waals surface area contributed by atoms with Gasteiger partial charge >= 0.3 is 0 Å². The van der Waals surface area contributed by atoms with E-state index in [1.807, 2.05) is 22.1 Å². The molecule has 7 heteroatoms. The summed E-state index contributed by atoms with van der Waals surface area (Å²) in [5.41, 5.74) is 0.834. The Morgan fingerprint density at radius 2 is 2.00 bits per heavy atom. The molecule has 26 heavy (non-hydrogen) atoms. The van der Waals surface area contributed by atoms with Gasteiger partial charge in [-0.2, -0.15) is 0 Å². The van der Waals surface area contributed by atoms with Crippen molar-refractivity contribution in [1.82, 2.24) is 19.7 Å². The van der Waals surface area contributed by atoms with Crippen LogP contribution < -0.4 is 0 Å². The number of rotatable bonds is 4. The van der Waals surface area contributed by atoms with E-state index in [-0.39, 0.29) is 11.8 Å². The van der Waals surface area contributed by atoms with E-state index >= 15 is 0 Å². The molecule has 1 atom stereocenters. The highest BCUT2D eigenvalue weighted by Crippen LogP contribution is 2.17. The molecule has 0 N–H and O–H groups in total. The summed E-state index contributed by atoms with van der Waals surface area (Å²) in [6, 6.07) is 0.360. The Kier molecular flexibility index (Phi) is 6.43. The van der Waals surface area contributed by atoms with Crippen LogP contribution in [0.15, 0.2) is 11.5 Å². The lowest BCUT2D eigenvalue weighted by atomic mass is 10.0. The molecule has 1 aromatic heterocycles. The summed E-state index contributed by atoms with van der Waals surface area (Å²) in [5.74, 6) is 0.252. The predicted molar refractivity (Wildman–Crippen MR) is 104 cm³/mol. The molecule has 0 radical (unpaired) electrons. The van der Waals surface area contributed by atoms with E-state index in [2.05, 4.69) is 16.8 Å². The highest BCUT2D eigenvalue weighted by atomic mass is 32.1. The van der Waals surface area contributed by atoms with Crippen molar-refractivity contribution in [3.05, 3.63) is 22.2 Å². The average molecular weight is 377 g/mol. The predicted octanol–water partition coefficient (Wildman–Crippen LogP) is 2.01. The number of amides is 2. The third-order valence-corrected chi connectivity index (χ3v) is 5.99. The van der Waals surface area contributed by atoms with Gasteiger partial charge < -0.3 is 9.80 Å². The molecule has 2 amide bonds. The maximum atomic E-state index is 12.5. The van der Waals surface area contributed by atoms with Crippen molar-refractivity contribution in [2.45, 2.75) is 39.2 Å². The third kappa shape index (κ3) is 4.92. The third-order valence-electron chi connectivity index (χ3n) is 5.20. The smallest absolute Gasteiger partial charge is 0.246 e. The summed E-state index contributed by atoms with van der Waals surface area (Å²) >= 11 is 1.58. The highest BCUT2D eigenvalue weighted by molar-refractivity contribution is 7.09. The van der Waals surface area contributed by atoms with E-state index in [0.717, 1.165) is 43.2 Å². The summed E-state index contributed by atoms with van der Waals surface area (Å²) < 4.78 is 0. The van der Waals surface area contributed by atoms with Crippen LogP contribution >= 0.6 is 11.3 Å². The van der Waals surface area contributed by atoms with Crippen molar-refractivity contribution >= 4 is 29.2 Å². The Balaban J connectivity index is 1.44. The van der Waals surface area contributed by atoms with Crippen molar-refractivity contribution in [2.24, 2.45) is 0 Å². The van der Waals surface area contributed by atoms with E-state index < -0.39 is 0 Å². The zero-order valence-corrected chi connectivity index (χ0v) is 16.5. The molecule has 142 valence electrons. The highest BCUT2D eigenvalue weighted by Gasteiger charge is 2.26. The van der Waals surface area contributed by atoms with Crippen LogP contribution in [0, 0.1) is 6.92 Å². The molecule has 6 nitrogen and oxygen atoms in total. The van der Waals surface area contributed by atoms with Gasteiger partial charge in [0.05, 0.1) is 17.2 Å². The Labute approximate surface area is 159 Å². The van der Waals surface area contributed by atoms with Crippen molar-refractivity contribution in [2.75, 3.05) is 39.3 Å². The largest absolute Gasteiger partial charge is 0.339 e. The molecular formula is C19H28N4O2S. The van der Waals surface area contributed by atoms with E-state index in [1.165, 1.54) is 6.42 Å². The first-order valence-corrected chi connectivity index (χ1v) is 10.3. The van der Waals surface area contributed by atoms with Gasteiger partial charge in [0.25, 0.3) is 0 Å². The second kappa shape index (κ2) is 8.77. The number of aryl methyl sites for hydroxylation is 1. The number of piperazine rings is 1. The van der Waals surface area contributed by atoms with Crippen molar-refractivity contribution in [1.29, 1.82) is 0 Å². The average Bonchev–Trinajstić information content (AvgIpc) is 3.06. The summed E-state index contributed by atoms with van der Waals surface area (Å²) in [4.78, 5) is 35.2. The first-order chi connectivity index (χ1) is 12.5. The van der Waals surface area contributed by atoms with Crippen LogP contribution in [0.25, 0.3) is 6.08 Å². The van der Waals surface area contributed by atoms with Gasteiger partial charge in [0.15, 0.2) is 0 Å². The number of nitrogens with zero attached hydrogens (tertiary/aromatic N) is 4. The molecule has 3 heterocycles. The number of thiazole rings is 1.